The van der Waals surface area contributed by atoms with Crippen LogP contribution in [0.15, 0.2) is 85.0 Å². The lowest BCUT2D eigenvalue weighted by atomic mass is 10.2. The molecule has 1 aromatic rings. The van der Waals surface area contributed by atoms with Crippen molar-refractivity contribution in [3.8, 4) is 5.75 Å². The third-order valence-corrected chi connectivity index (χ3v) is 7.14. The van der Waals surface area contributed by atoms with Gasteiger partial charge in [0.05, 0.1) is 11.8 Å². The molecule has 1 amide bonds. The van der Waals surface area contributed by atoms with Crippen LogP contribution in [0.1, 0.15) is 82.0 Å². The Morgan fingerprint density at radius 2 is 1.46 bits per heavy atom. The Labute approximate surface area is 240 Å². The number of para-hydroxylation sites is 1. The number of benzene rings is 1. The molecule has 0 aromatic heterocycles. The average Bonchev–Trinajstić information content (AvgIpc) is 2.94. The molecule has 1 rings (SSSR count). The number of carbonyl (C=O) groups excluding carboxylic acids is 2. The van der Waals surface area contributed by atoms with Crippen molar-refractivity contribution in [3.05, 3.63) is 90.6 Å². The first-order chi connectivity index (χ1) is 19.1. The summed E-state index contributed by atoms with van der Waals surface area (Å²) in [6, 6.07) is 6.23. The van der Waals surface area contributed by atoms with E-state index in [2.05, 4.69) is 73.0 Å². The molecule has 0 bridgehead atoms. The maximum atomic E-state index is 12.4. The molecule has 0 aliphatic heterocycles. The number of thioether (sulfide) groups is 1. The fraction of sp³-hybridized carbons (Fsp3) is 0.455. The number of aromatic hydroxyl groups is 1. The van der Waals surface area contributed by atoms with Crippen LogP contribution in [0, 0.1) is 0 Å². The van der Waals surface area contributed by atoms with Crippen molar-refractivity contribution >= 4 is 23.6 Å². The van der Waals surface area contributed by atoms with Gasteiger partial charge >= 0.3 is 5.97 Å². The number of amides is 1. The maximum Gasteiger partial charge on any atom is 0.341 e. The highest BCUT2D eigenvalue weighted by Gasteiger charge is 2.16. The van der Waals surface area contributed by atoms with E-state index in [1.807, 2.05) is 6.92 Å². The van der Waals surface area contributed by atoms with Gasteiger partial charge in [-0.1, -0.05) is 86.7 Å². The van der Waals surface area contributed by atoms with E-state index in [0.29, 0.717) is 0 Å². The molecule has 0 spiro atoms. The number of rotatable bonds is 21. The molecule has 0 aliphatic carbocycles. The van der Waals surface area contributed by atoms with Crippen molar-refractivity contribution in [1.29, 1.82) is 0 Å². The average molecular weight is 554 g/mol. The molecule has 39 heavy (non-hydrogen) atoms. The first kappa shape index (κ1) is 34.0. The Hall–Kier alpha value is -2.99. The molecule has 0 fully saturated rings. The predicted molar refractivity (Wildman–Crippen MR) is 166 cm³/mol. The van der Waals surface area contributed by atoms with E-state index >= 15 is 0 Å². The zero-order chi connectivity index (χ0) is 28.4. The number of unbranched alkanes of at least 4 members (excludes halogenated alkanes) is 2. The Bertz CT molecular complexity index is 949. The predicted octanol–water partition coefficient (Wildman–Crippen LogP) is 8.10. The van der Waals surface area contributed by atoms with Crippen LogP contribution in [0.5, 0.6) is 5.75 Å². The summed E-state index contributed by atoms with van der Waals surface area (Å²) >= 11 is 1.68. The Morgan fingerprint density at radius 1 is 0.872 bits per heavy atom. The van der Waals surface area contributed by atoms with Gasteiger partial charge in [0, 0.05) is 0 Å². The summed E-state index contributed by atoms with van der Waals surface area (Å²) in [5.41, 5.74) is 0.121. The van der Waals surface area contributed by atoms with Gasteiger partial charge < -0.3 is 15.2 Å². The summed E-state index contributed by atoms with van der Waals surface area (Å²) in [6.07, 6.45) is 31.2. The lowest BCUT2D eigenvalue weighted by Crippen LogP contribution is -2.35. The fourth-order valence-electron chi connectivity index (χ4n) is 3.49. The second-order valence-electron chi connectivity index (χ2n) is 8.92. The molecule has 0 aliphatic rings. The van der Waals surface area contributed by atoms with Crippen LogP contribution in [-0.4, -0.2) is 41.1 Å². The van der Waals surface area contributed by atoms with Crippen molar-refractivity contribution in [2.75, 3.05) is 18.9 Å². The standard InChI is InChI=1S/C33H47NO4S/c1-3-5-6-7-8-9-10-11-12-13-14-15-16-17-18-19-20-23-28-39-31(4-2)32(36)34-26-27-38-33(37)29-24-21-22-25-30(29)35/h5-6,8-9,11-12,14-15,17-18,21-22,24-25,31,35H,3-4,7,10,13,16,19-20,23,26-28H2,1-2H3,(H,34,36)/t31-/m1/s1. The molecule has 0 saturated heterocycles. The SMILES string of the molecule is CCC=CCC=CCC=CCC=CCC=CCCCCS[C@H](CC)C(=O)NCCOC(=O)c1ccccc1O. The van der Waals surface area contributed by atoms with Crippen LogP contribution < -0.4 is 5.32 Å². The first-order valence-electron chi connectivity index (χ1n) is 14.2. The summed E-state index contributed by atoms with van der Waals surface area (Å²) in [5, 5.41) is 12.4. The number of phenolic OH excluding ortho intramolecular Hbond substituents is 1. The molecule has 214 valence electrons. The van der Waals surface area contributed by atoms with E-state index in [4.69, 9.17) is 4.74 Å². The van der Waals surface area contributed by atoms with E-state index in [-0.39, 0.29) is 35.6 Å². The van der Waals surface area contributed by atoms with Crippen molar-refractivity contribution in [1.82, 2.24) is 5.32 Å². The van der Waals surface area contributed by atoms with E-state index in [0.717, 1.165) is 63.5 Å². The van der Waals surface area contributed by atoms with Crippen LogP contribution in [0.3, 0.4) is 0 Å². The Morgan fingerprint density at radius 3 is 2.05 bits per heavy atom. The lowest BCUT2D eigenvalue weighted by molar-refractivity contribution is -0.120. The zero-order valence-corrected chi connectivity index (χ0v) is 24.5. The highest BCUT2D eigenvalue weighted by atomic mass is 32.2. The number of phenols is 1. The maximum absolute atomic E-state index is 12.4. The monoisotopic (exact) mass is 553 g/mol. The van der Waals surface area contributed by atoms with Crippen LogP contribution in [0.25, 0.3) is 0 Å². The normalized spacial score (nSPS) is 12.9. The van der Waals surface area contributed by atoms with Crippen LogP contribution in [-0.2, 0) is 9.53 Å². The van der Waals surface area contributed by atoms with Crippen molar-refractivity contribution < 1.29 is 19.4 Å². The second kappa shape index (κ2) is 24.1. The highest BCUT2D eigenvalue weighted by Crippen LogP contribution is 2.18. The fourth-order valence-corrected chi connectivity index (χ4v) is 4.62. The zero-order valence-electron chi connectivity index (χ0n) is 23.7. The molecule has 0 saturated carbocycles. The highest BCUT2D eigenvalue weighted by molar-refractivity contribution is 8.00. The molecule has 0 heterocycles. The minimum absolute atomic E-state index is 0.0288. The molecule has 0 unspecified atom stereocenters. The van der Waals surface area contributed by atoms with Gasteiger partial charge in [0.2, 0.25) is 5.91 Å². The molecule has 2 N–H and O–H groups in total. The van der Waals surface area contributed by atoms with Crippen LogP contribution in [0.4, 0.5) is 0 Å². The summed E-state index contributed by atoms with van der Waals surface area (Å²) < 4.78 is 5.14. The van der Waals surface area contributed by atoms with Crippen LogP contribution >= 0.6 is 11.8 Å². The molecule has 0 radical (unpaired) electrons. The molecule has 1 atom stereocenters. The van der Waals surface area contributed by atoms with Crippen molar-refractivity contribution in [3.63, 3.8) is 0 Å². The van der Waals surface area contributed by atoms with Gasteiger partial charge in [-0.25, -0.2) is 4.79 Å². The molecule has 6 heteroatoms. The van der Waals surface area contributed by atoms with Gasteiger partial charge in [0.15, 0.2) is 0 Å². The number of nitrogens with one attached hydrogen (secondary N) is 1. The summed E-state index contributed by atoms with van der Waals surface area (Å²) in [4.78, 5) is 24.4. The summed E-state index contributed by atoms with van der Waals surface area (Å²) in [5.74, 6) is 0.198. The Kier molecular flexibility index (Phi) is 21.0. The molecular weight excluding hydrogens is 506 g/mol. The van der Waals surface area contributed by atoms with Gasteiger partial charge in [0.1, 0.15) is 17.9 Å². The number of allylic oxidation sites excluding steroid dienone is 10. The third kappa shape index (κ3) is 18.0. The van der Waals surface area contributed by atoms with Crippen molar-refractivity contribution in [2.45, 2.75) is 76.9 Å². The van der Waals surface area contributed by atoms with Gasteiger partial charge in [0.25, 0.3) is 0 Å². The van der Waals surface area contributed by atoms with E-state index in [9.17, 15) is 14.7 Å². The number of ether oxygens (including phenoxy) is 1. The lowest BCUT2D eigenvalue weighted by Gasteiger charge is -2.14. The van der Waals surface area contributed by atoms with Crippen molar-refractivity contribution in [2.24, 2.45) is 0 Å². The first-order valence-corrected chi connectivity index (χ1v) is 15.2. The number of hydrogen-bond donors (Lipinski definition) is 2. The van der Waals surface area contributed by atoms with E-state index in [1.165, 1.54) is 12.1 Å². The molecule has 5 nitrogen and oxygen atoms in total. The smallest absolute Gasteiger partial charge is 0.341 e. The molecular formula is C33H47NO4S. The largest absolute Gasteiger partial charge is 0.507 e. The van der Waals surface area contributed by atoms with Gasteiger partial charge in [-0.3, -0.25) is 4.79 Å². The van der Waals surface area contributed by atoms with E-state index in [1.54, 1.807) is 23.9 Å². The quantitative estimate of drug-likeness (QED) is 0.0914. The minimum Gasteiger partial charge on any atom is -0.507 e. The molecule has 1 aromatic carbocycles. The number of hydrogen-bond acceptors (Lipinski definition) is 5. The Balaban J connectivity index is 2.05. The van der Waals surface area contributed by atoms with Gasteiger partial charge in [-0.2, -0.15) is 0 Å². The summed E-state index contributed by atoms with van der Waals surface area (Å²) in [6.45, 7) is 4.47. The second-order valence-corrected chi connectivity index (χ2v) is 10.2. The third-order valence-electron chi connectivity index (χ3n) is 5.66. The number of esters is 1. The number of carbonyl (C=O) groups is 2. The van der Waals surface area contributed by atoms with Gasteiger partial charge in [-0.05, 0) is 75.7 Å². The van der Waals surface area contributed by atoms with Crippen LogP contribution in [0.2, 0.25) is 0 Å². The van der Waals surface area contributed by atoms with E-state index < -0.39 is 5.97 Å². The summed E-state index contributed by atoms with van der Waals surface area (Å²) in [7, 11) is 0. The van der Waals surface area contributed by atoms with Gasteiger partial charge in [-0.15, -0.1) is 11.8 Å². The topological polar surface area (TPSA) is 75.6 Å². The minimum atomic E-state index is -0.601.